The lowest BCUT2D eigenvalue weighted by atomic mass is 10.1. The van der Waals surface area contributed by atoms with Crippen LogP contribution in [-0.2, 0) is 19.4 Å². The smallest absolute Gasteiger partial charge is 0.222 e. The number of carbonyl (C=O) groups excluding carboxylic acids is 1. The third kappa shape index (κ3) is 5.29. The summed E-state index contributed by atoms with van der Waals surface area (Å²) in [6.45, 7) is 2.69. The number of nitrogens with one attached hydrogen (secondary N) is 2. The molecule has 1 atom stereocenters. The van der Waals surface area contributed by atoms with Crippen molar-refractivity contribution in [3.63, 3.8) is 0 Å². The average Bonchev–Trinajstić information content (AvgIpc) is 3.44. The van der Waals surface area contributed by atoms with Crippen molar-refractivity contribution in [2.45, 2.75) is 24.4 Å². The van der Waals surface area contributed by atoms with Crippen LogP contribution >= 0.6 is 0 Å². The molecule has 12 heteroatoms. The van der Waals surface area contributed by atoms with E-state index in [2.05, 4.69) is 25.7 Å². The van der Waals surface area contributed by atoms with Gasteiger partial charge in [0.2, 0.25) is 5.91 Å². The van der Waals surface area contributed by atoms with Crippen molar-refractivity contribution in [1.82, 2.24) is 19.7 Å². The second-order valence-corrected chi connectivity index (χ2v) is 9.58. The van der Waals surface area contributed by atoms with Gasteiger partial charge in [-0.25, -0.2) is 18.4 Å². The number of sulfone groups is 1. The van der Waals surface area contributed by atoms with Crippen molar-refractivity contribution in [3.8, 4) is 17.0 Å². The van der Waals surface area contributed by atoms with E-state index in [0.29, 0.717) is 41.7 Å². The predicted molar refractivity (Wildman–Crippen MR) is 121 cm³/mol. The molecular formula is C21H24N6O5S. The van der Waals surface area contributed by atoms with Crippen molar-refractivity contribution in [2.24, 2.45) is 0 Å². The fourth-order valence-corrected chi connectivity index (χ4v) is 4.01. The molecule has 0 bridgehead atoms. The number of aromatic nitrogens is 4. The van der Waals surface area contributed by atoms with E-state index >= 15 is 0 Å². The van der Waals surface area contributed by atoms with Crippen LogP contribution in [0.4, 0.5) is 17.3 Å². The Balaban J connectivity index is 1.75. The van der Waals surface area contributed by atoms with Crippen molar-refractivity contribution in [3.05, 3.63) is 36.7 Å². The number of anilines is 3. The highest BCUT2D eigenvalue weighted by molar-refractivity contribution is 7.90. The van der Waals surface area contributed by atoms with Gasteiger partial charge in [0.15, 0.2) is 14.9 Å². The molecule has 1 aliphatic heterocycles. The van der Waals surface area contributed by atoms with E-state index in [1.807, 2.05) is 16.9 Å². The Hall–Kier alpha value is -3.51. The number of methoxy groups -OCH3 is 1. The zero-order valence-corrected chi connectivity index (χ0v) is 19.2. The summed E-state index contributed by atoms with van der Waals surface area (Å²) in [5.74, 6) is 0.630. The van der Waals surface area contributed by atoms with Crippen molar-refractivity contribution in [1.29, 1.82) is 0 Å². The minimum atomic E-state index is -3.57. The van der Waals surface area contributed by atoms with Gasteiger partial charge < -0.3 is 20.1 Å². The highest BCUT2D eigenvalue weighted by Crippen LogP contribution is 2.32. The van der Waals surface area contributed by atoms with Crippen LogP contribution in [0, 0.1) is 0 Å². The molecule has 3 aromatic heterocycles. The molecule has 0 spiro atoms. The fraction of sp³-hybridized carbons (Fsp3) is 0.333. The number of hydrogen-bond donors (Lipinski definition) is 2. The summed E-state index contributed by atoms with van der Waals surface area (Å²) in [6.07, 6.45) is 5.42. The number of pyridine rings is 2. The van der Waals surface area contributed by atoms with Gasteiger partial charge in [-0.1, -0.05) is 0 Å². The van der Waals surface area contributed by atoms with Gasteiger partial charge in [0, 0.05) is 55.9 Å². The van der Waals surface area contributed by atoms with Gasteiger partial charge in [-0.3, -0.25) is 9.48 Å². The van der Waals surface area contributed by atoms with E-state index in [1.165, 1.54) is 20.1 Å². The van der Waals surface area contributed by atoms with E-state index < -0.39 is 9.84 Å². The third-order valence-corrected chi connectivity index (χ3v) is 5.99. The van der Waals surface area contributed by atoms with Gasteiger partial charge in [-0.15, -0.1) is 0 Å². The Bertz CT molecular complexity index is 1280. The molecule has 1 fully saturated rings. The topological polar surface area (TPSA) is 137 Å². The van der Waals surface area contributed by atoms with Gasteiger partial charge in [-0.2, -0.15) is 5.10 Å². The molecule has 0 aromatic carbocycles. The Morgan fingerprint density at radius 2 is 2.09 bits per heavy atom. The van der Waals surface area contributed by atoms with Crippen LogP contribution in [0.25, 0.3) is 11.3 Å². The second kappa shape index (κ2) is 9.16. The van der Waals surface area contributed by atoms with Crippen molar-refractivity contribution in [2.75, 3.05) is 37.2 Å². The molecule has 11 nitrogen and oxygen atoms in total. The number of nitrogens with zero attached hydrogens (tertiary/aromatic N) is 4. The van der Waals surface area contributed by atoms with E-state index in [-0.39, 0.29) is 22.8 Å². The first-order chi connectivity index (χ1) is 15.7. The van der Waals surface area contributed by atoms with Crippen LogP contribution in [0.2, 0.25) is 0 Å². The van der Waals surface area contributed by atoms with E-state index in [9.17, 15) is 13.2 Å². The van der Waals surface area contributed by atoms with Gasteiger partial charge in [0.1, 0.15) is 17.4 Å². The SMILES string of the molecule is COc1cc(Nc2cc(NC(C)=O)ncc2-c2ccn(C3CCOC3)n2)nc(S(C)(=O)=O)c1. The standard InChI is InChI=1S/C21H24N6O5S/c1-13(28)23-19-10-18(24-20-8-15(31-2)9-21(25-20)33(3,29)30)16(11-22-19)17-4-6-27(26-17)14-5-7-32-12-14/h4,6,8-11,14H,5,7,12H2,1-3H3,(H2,22,23,24,25,28). The Labute approximate surface area is 191 Å². The zero-order chi connectivity index (χ0) is 23.6. The monoisotopic (exact) mass is 472 g/mol. The van der Waals surface area contributed by atoms with Crippen LogP contribution in [0.3, 0.4) is 0 Å². The molecule has 1 amide bonds. The van der Waals surface area contributed by atoms with Gasteiger partial charge in [-0.05, 0) is 12.5 Å². The molecule has 2 N–H and O–H groups in total. The molecule has 0 aliphatic carbocycles. The summed E-state index contributed by atoms with van der Waals surface area (Å²) in [5, 5.41) is 10.3. The lowest BCUT2D eigenvalue weighted by Crippen LogP contribution is -2.10. The molecule has 4 heterocycles. The zero-order valence-electron chi connectivity index (χ0n) is 18.4. The quantitative estimate of drug-likeness (QED) is 0.531. The summed E-state index contributed by atoms with van der Waals surface area (Å²) in [4.78, 5) is 20.1. The number of carbonyl (C=O) groups is 1. The van der Waals surface area contributed by atoms with Crippen LogP contribution < -0.4 is 15.4 Å². The Morgan fingerprint density at radius 3 is 2.76 bits per heavy atom. The average molecular weight is 473 g/mol. The molecule has 1 unspecified atom stereocenters. The lowest BCUT2D eigenvalue weighted by Gasteiger charge is -2.14. The van der Waals surface area contributed by atoms with E-state index in [4.69, 9.17) is 9.47 Å². The first-order valence-electron chi connectivity index (χ1n) is 10.2. The largest absolute Gasteiger partial charge is 0.497 e. The summed E-state index contributed by atoms with van der Waals surface area (Å²) >= 11 is 0. The highest BCUT2D eigenvalue weighted by atomic mass is 32.2. The Kier molecular flexibility index (Phi) is 6.29. The molecule has 4 rings (SSSR count). The van der Waals surface area contributed by atoms with E-state index in [0.717, 1.165) is 12.7 Å². The maximum atomic E-state index is 12.1. The molecule has 1 saturated heterocycles. The number of rotatable bonds is 7. The maximum absolute atomic E-state index is 12.1. The Morgan fingerprint density at radius 1 is 1.27 bits per heavy atom. The number of hydrogen-bond acceptors (Lipinski definition) is 9. The van der Waals surface area contributed by atoms with Gasteiger partial charge >= 0.3 is 0 Å². The van der Waals surface area contributed by atoms with Crippen LogP contribution in [0.5, 0.6) is 5.75 Å². The lowest BCUT2D eigenvalue weighted by molar-refractivity contribution is -0.114. The molecular weight excluding hydrogens is 448 g/mol. The first-order valence-corrected chi connectivity index (χ1v) is 12.1. The van der Waals surface area contributed by atoms with Crippen LogP contribution in [0.15, 0.2) is 41.7 Å². The normalized spacial score (nSPS) is 15.9. The first kappa shape index (κ1) is 22.7. The molecule has 0 saturated carbocycles. The molecule has 3 aromatic rings. The summed E-state index contributed by atoms with van der Waals surface area (Å²) in [6, 6.07) is 6.59. The summed E-state index contributed by atoms with van der Waals surface area (Å²) in [5.41, 5.74) is 1.83. The van der Waals surface area contributed by atoms with E-state index in [1.54, 1.807) is 18.3 Å². The summed E-state index contributed by atoms with van der Waals surface area (Å²) in [7, 11) is -2.13. The van der Waals surface area contributed by atoms with Crippen molar-refractivity contribution < 1.29 is 22.7 Å². The highest BCUT2D eigenvalue weighted by Gasteiger charge is 2.20. The maximum Gasteiger partial charge on any atom is 0.222 e. The second-order valence-electron chi connectivity index (χ2n) is 7.62. The van der Waals surface area contributed by atoms with Crippen LogP contribution in [-0.4, -0.2) is 60.7 Å². The van der Waals surface area contributed by atoms with Crippen LogP contribution in [0.1, 0.15) is 19.4 Å². The number of ether oxygens (including phenoxy) is 2. The molecule has 33 heavy (non-hydrogen) atoms. The molecule has 0 radical (unpaired) electrons. The van der Waals surface area contributed by atoms with Gasteiger partial charge in [0.25, 0.3) is 0 Å². The fourth-order valence-electron chi connectivity index (χ4n) is 3.42. The predicted octanol–water partition coefficient (Wildman–Crippen LogP) is 2.42. The number of amides is 1. The third-order valence-electron chi connectivity index (χ3n) is 5.03. The molecule has 174 valence electrons. The van der Waals surface area contributed by atoms with Crippen molar-refractivity contribution >= 4 is 33.1 Å². The molecule has 1 aliphatic rings. The minimum absolute atomic E-state index is 0.132. The van der Waals surface area contributed by atoms with Gasteiger partial charge in [0.05, 0.1) is 31.1 Å². The summed E-state index contributed by atoms with van der Waals surface area (Å²) < 4.78 is 36.7. The minimum Gasteiger partial charge on any atom is -0.497 e.